The van der Waals surface area contributed by atoms with Crippen LogP contribution in [0.1, 0.15) is 23.1 Å². The summed E-state index contributed by atoms with van der Waals surface area (Å²) in [6.07, 6.45) is 3.39. The van der Waals surface area contributed by atoms with Crippen molar-refractivity contribution >= 4 is 11.3 Å². The Labute approximate surface area is 90.3 Å². The Morgan fingerprint density at radius 2 is 1.86 bits per heavy atom. The third-order valence-electron chi connectivity index (χ3n) is 2.53. The molecule has 1 aromatic heterocycles. The van der Waals surface area contributed by atoms with Gasteiger partial charge in [-0.3, -0.25) is 0 Å². The van der Waals surface area contributed by atoms with Gasteiger partial charge in [-0.1, -0.05) is 6.92 Å². The normalized spacial score (nSPS) is 11.1. The van der Waals surface area contributed by atoms with Crippen LogP contribution in [0.4, 0.5) is 0 Å². The van der Waals surface area contributed by atoms with E-state index in [1.54, 1.807) is 0 Å². The van der Waals surface area contributed by atoms with Crippen molar-refractivity contribution in [2.75, 3.05) is 13.1 Å². The third kappa shape index (κ3) is 3.40. The van der Waals surface area contributed by atoms with E-state index in [9.17, 15) is 0 Å². The zero-order valence-electron chi connectivity index (χ0n) is 8.83. The van der Waals surface area contributed by atoms with Crippen molar-refractivity contribution in [1.29, 1.82) is 0 Å². The molecule has 0 saturated heterocycles. The van der Waals surface area contributed by atoms with Gasteiger partial charge in [0.15, 0.2) is 0 Å². The Morgan fingerprint density at radius 1 is 1.21 bits per heavy atom. The number of rotatable bonds is 6. The van der Waals surface area contributed by atoms with Crippen molar-refractivity contribution in [3.63, 3.8) is 0 Å². The first-order chi connectivity index (χ1) is 6.80. The highest BCUT2D eigenvalue weighted by Gasteiger charge is 2.05. The third-order valence-corrected chi connectivity index (χ3v) is 3.82. The van der Waals surface area contributed by atoms with E-state index in [0.717, 1.165) is 19.3 Å². The summed E-state index contributed by atoms with van der Waals surface area (Å²) in [5.74, 6) is 0.488. The maximum atomic E-state index is 5.60. The summed E-state index contributed by atoms with van der Waals surface area (Å²) in [4.78, 5) is 2.94. The molecule has 0 aliphatic rings. The Morgan fingerprint density at radius 3 is 2.36 bits per heavy atom. The largest absolute Gasteiger partial charge is 0.330 e. The van der Waals surface area contributed by atoms with Gasteiger partial charge in [0.25, 0.3) is 0 Å². The van der Waals surface area contributed by atoms with Crippen LogP contribution in [0.5, 0.6) is 0 Å². The lowest BCUT2D eigenvalue weighted by Crippen LogP contribution is -2.23. The Kier molecular flexibility index (Phi) is 5.15. The highest BCUT2D eigenvalue weighted by Crippen LogP contribution is 2.19. The Bertz CT molecular complexity index is 254. The van der Waals surface area contributed by atoms with Gasteiger partial charge in [-0.05, 0) is 50.4 Å². The lowest BCUT2D eigenvalue weighted by atomic mass is 10.0. The average Bonchev–Trinajstić information content (AvgIpc) is 2.67. The quantitative estimate of drug-likeness (QED) is 0.755. The van der Waals surface area contributed by atoms with E-state index in [4.69, 9.17) is 11.5 Å². The van der Waals surface area contributed by atoms with Crippen molar-refractivity contribution in [3.8, 4) is 0 Å². The van der Waals surface area contributed by atoms with E-state index in [1.807, 2.05) is 11.3 Å². The fraction of sp³-hybridized carbons (Fsp3) is 0.636. The molecule has 0 aromatic carbocycles. The van der Waals surface area contributed by atoms with Gasteiger partial charge in [0, 0.05) is 9.75 Å². The maximum Gasteiger partial charge on any atom is 0.00482 e. The molecular formula is C11H20N2S. The predicted molar refractivity (Wildman–Crippen MR) is 63.6 cm³/mol. The van der Waals surface area contributed by atoms with E-state index < -0.39 is 0 Å². The first-order valence-corrected chi connectivity index (χ1v) is 6.09. The molecule has 0 amide bonds. The Hall–Kier alpha value is -0.380. The SMILES string of the molecule is CCc1ccc(CCC(CN)CN)s1. The number of hydrogen-bond donors (Lipinski definition) is 2. The van der Waals surface area contributed by atoms with Crippen molar-refractivity contribution in [1.82, 2.24) is 0 Å². The molecular weight excluding hydrogens is 192 g/mol. The number of thiophene rings is 1. The second kappa shape index (κ2) is 6.17. The minimum atomic E-state index is 0.488. The van der Waals surface area contributed by atoms with Gasteiger partial charge >= 0.3 is 0 Å². The monoisotopic (exact) mass is 212 g/mol. The zero-order chi connectivity index (χ0) is 10.4. The molecule has 0 aliphatic carbocycles. The Balaban J connectivity index is 2.37. The van der Waals surface area contributed by atoms with Crippen LogP contribution >= 0.6 is 11.3 Å². The smallest absolute Gasteiger partial charge is 0.00482 e. The standard InChI is InChI=1S/C11H20N2S/c1-2-10-5-6-11(14-10)4-3-9(7-12)8-13/h5-6,9H,2-4,7-8,12-13H2,1H3. The van der Waals surface area contributed by atoms with Gasteiger partial charge in [-0.15, -0.1) is 11.3 Å². The molecule has 1 heterocycles. The predicted octanol–water partition coefficient (Wildman–Crippen LogP) is 1.78. The molecule has 3 heteroatoms. The van der Waals surface area contributed by atoms with Crippen molar-refractivity contribution in [3.05, 3.63) is 21.9 Å². The minimum absolute atomic E-state index is 0.488. The van der Waals surface area contributed by atoms with E-state index >= 15 is 0 Å². The van der Waals surface area contributed by atoms with Crippen LogP contribution in [0.25, 0.3) is 0 Å². The van der Waals surface area contributed by atoms with Crippen LogP contribution in [-0.4, -0.2) is 13.1 Å². The topological polar surface area (TPSA) is 52.0 Å². The molecule has 14 heavy (non-hydrogen) atoms. The minimum Gasteiger partial charge on any atom is -0.330 e. The van der Waals surface area contributed by atoms with Crippen LogP contribution in [0.2, 0.25) is 0 Å². The summed E-state index contributed by atoms with van der Waals surface area (Å²) < 4.78 is 0. The summed E-state index contributed by atoms with van der Waals surface area (Å²) in [5.41, 5.74) is 11.2. The summed E-state index contributed by atoms with van der Waals surface area (Å²) in [5, 5.41) is 0. The zero-order valence-corrected chi connectivity index (χ0v) is 9.65. The van der Waals surface area contributed by atoms with Gasteiger partial charge in [-0.2, -0.15) is 0 Å². The number of nitrogens with two attached hydrogens (primary N) is 2. The molecule has 0 fully saturated rings. The molecule has 0 atom stereocenters. The highest BCUT2D eigenvalue weighted by molar-refractivity contribution is 7.11. The molecule has 80 valence electrons. The van der Waals surface area contributed by atoms with Crippen molar-refractivity contribution in [2.45, 2.75) is 26.2 Å². The average molecular weight is 212 g/mol. The summed E-state index contributed by atoms with van der Waals surface area (Å²) in [7, 11) is 0. The lowest BCUT2D eigenvalue weighted by molar-refractivity contribution is 0.509. The second-order valence-electron chi connectivity index (χ2n) is 3.60. The van der Waals surface area contributed by atoms with E-state index in [-0.39, 0.29) is 0 Å². The molecule has 4 N–H and O–H groups in total. The second-order valence-corrected chi connectivity index (χ2v) is 4.85. The van der Waals surface area contributed by atoms with Crippen LogP contribution in [0, 0.1) is 5.92 Å². The van der Waals surface area contributed by atoms with Gasteiger partial charge < -0.3 is 11.5 Å². The number of hydrogen-bond acceptors (Lipinski definition) is 3. The molecule has 0 radical (unpaired) electrons. The maximum absolute atomic E-state index is 5.60. The lowest BCUT2D eigenvalue weighted by Gasteiger charge is -2.10. The van der Waals surface area contributed by atoms with E-state index in [2.05, 4.69) is 19.1 Å². The summed E-state index contributed by atoms with van der Waals surface area (Å²) >= 11 is 1.91. The molecule has 0 aliphatic heterocycles. The van der Waals surface area contributed by atoms with Gasteiger partial charge in [0.2, 0.25) is 0 Å². The van der Waals surface area contributed by atoms with Gasteiger partial charge in [0.1, 0.15) is 0 Å². The van der Waals surface area contributed by atoms with Crippen LogP contribution in [0.15, 0.2) is 12.1 Å². The molecule has 1 rings (SSSR count). The van der Waals surface area contributed by atoms with Crippen LogP contribution in [-0.2, 0) is 12.8 Å². The molecule has 0 saturated carbocycles. The summed E-state index contributed by atoms with van der Waals surface area (Å²) in [6.45, 7) is 3.61. The molecule has 0 bridgehead atoms. The van der Waals surface area contributed by atoms with Crippen molar-refractivity contribution in [2.24, 2.45) is 17.4 Å². The van der Waals surface area contributed by atoms with Gasteiger partial charge in [0.05, 0.1) is 0 Å². The molecule has 1 aromatic rings. The fourth-order valence-electron chi connectivity index (χ4n) is 1.43. The highest BCUT2D eigenvalue weighted by atomic mass is 32.1. The molecule has 0 spiro atoms. The molecule has 0 unspecified atom stereocenters. The van der Waals surface area contributed by atoms with Crippen molar-refractivity contribution < 1.29 is 0 Å². The summed E-state index contributed by atoms with van der Waals surface area (Å²) in [6, 6.07) is 4.45. The van der Waals surface area contributed by atoms with E-state index in [0.29, 0.717) is 19.0 Å². The fourth-order valence-corrected chi connectivity index (χ4v) is 2.40. The number of aryl methyl sites for hydroxylation is 2. The molecule has 2 nitrogen and oxygen atoms in total. The van der Waals surface area contributed by atoms with Crippen LogP contribution < -0.4 is 11.5 Å². The van der Waals surface area contributed by atoms with Gasteiger partial charge in [-0.25, -0.2) is 0 Å². The van der Waals surface area contributed by atoms with Crippen LogP contribution in [0.3, 0.4) is 0 Å². The first kappa shape index (κ1) is 11.7. The first-order valence-electron chi connectivity index (χ1n) is 5.27. The van der Waals surface area contributed by atoms with E-state index in [1.165, 1.54) is 9.75 Å².